The van der Waals surface area contributed by atoms with Crippen LogP contribution in [0.15, 0.2) is 24.3 Å². The van der Waals surface area contributed by atoms with Crippen LogP contribution in [0.4, 0.5) is 13.2 Å². The Kier molecular flexibility index (Phi) is 6.02. The molecule has 2 N–H and O–H groups in total. The topological polar surface area (TPSA) is 60.8 Å². The van der Waals surface area contributed by atoms with Crippen LogP contribution in [-0.4, -0.2) is 46.4 Å². The number of alkyl halides is 3. The van der Waals surface area contributed by atoms with E-state index in [2.05, 4.69) is 0 Å². The van der Waals surface area contributed by atoms with Crippen molar-refractivity contribution in [3.05, 3.63) is 29.8 Å². The number of benzene rings is 1. The summed E-state index contributed by atoms with van der Waals surface area (Å²) in [6.07, 6.45) is -3.52. The van der Waals surface area contributed by atoms with Crippen molar-refractivity contribution in [2.75, 3.05) is 13.1 Å². The van der Waals surface area contributed by atoms with Gasteiger partial charge in [0.15, 0.2) is 0 Å². The molecule has 4 nitrogen and oxygen atoms in total. The summed E-state index contributed by atoms with van der Waals surface area (Å²) in [5.41, 5.74) is 0.877. The Morgan fingerprint density at radius 2 is 1.86 bits per heavy atom. The zero-order chi connectivity index (χ0) is 16.0. The zero-order valence-corrected chi connectivity index (χ0v) is 11.6. The fourth-order valence-corrected chi connectivity index (χ4v) is 1.99. The Morgan fingerprint density at radius 1 is 1.29 bits per heavy atom. The summed E-state index contributed by atoms with van der Waals surface area (Å²) in [6.45, 7) is -0.304. The Morgan fingerprint density at radius 3 is 2.33 bits per heavy atom. The van der Waals surface area contributed by atoms with Crippen LogP contribution in [0.25, 0.3) is 0 Å². The summed E-state index contributed by atoms with van der Waals surface area (Å²) in [6, 6.07) is 5.87. The first-order valence-corrected chi connectivity index (χ1v) is 6.48. The second-order valence-electron chi connectivity index (χ2n) is 4.97. The first-order valence-electron chi connectivity index (χ1n) is 6.48. The monoisotopic (exact) mass is 305 g/mol. The number of phenols is 1. The van der Waals surface area contributed by atoms with Crippen molar-refractivity contribution >= 4 is 5.97 Å². The first-order chi connectivity index (χ1) is 9.67. The van der Waals surface area contributed by atoms with Gasteiger partial charge in [-0.15, -0.1) is 0 Å². The molecule has 0 heterocycles. The van der Waals surface area contributed by atoms with Crippen molar-refractivity contribution in [3.8, 4) is 5.75 Å². The molecule has 7 heteroatoms. The van der Waals surface area contributed by atoms with E-state index in [-0.39, 0.29) is 5.75 Å². The van der Waals surface area contributed by atoms with Crippen molar-refractivity contribution in [1.82, 2.24) is 4.90 Å². The summed E-state index contributed by atoms with van der Waals surface area (Å²) in [4.78, 5) is 11.6. The molecule has 0 aliphatic heterocycles. The van der Waals surface area contributed by atoms with E-state index in [1.165, 1.54) is 12.1 Å². The number of carbonyl (C=O) groups is 1. The molecule has 1 rings (SSSR count). The number of phenolic OH excluding ortho intramolecular Hbond substituents is 1. The highest BCUT2D eigenvalue weighted by Gasteiger charge is 2.33. The lowest BCUT2D eigenvalue weighted by molar-refractivity contribution is -0.157. The minimum atomic E-state index is -4.43. The van der Waals surface area contributed by atoms with E-state index < -0.39 is 31.3 Å². The third-order valence-electron chi connectivity index (χ3n) is 3.13. The van der Waals surface area contributed by atoms with E-state index in [9.17, 15) is 18.0 Å². The van der Waals surface area contributed by atoms with Gasteiger partial charge in [-0.1, -0.05) is 12.1 Å². The largest absolute Gasteiger partial charge is 0.508 e. The molecule has 0 aliphatic carbocycles. The molecule has 0 amide bonds. The first kappa shape index (κ1) is 17.3. The van der Waals surface area contributed by atoms with E-state index >= 15 is 0 Å². The summed E-state index contributed by atoms with van der Waals surface area (Å²) in [5, 5.41) is 17.9. The maximum atomic E-state index is 12.5. The summed E-state index contributed by atoms with van der Waals surface area (Å²) >= 11 is 0. The highest BCUT2D eigenvalue weighted by Crippen LogP contribution is 2.20. The van der Waals surface area contributed by atoms with Gasteiger partial charge in [-0.2, -0.15) is 13.2 Å². The van der Waals surface area contributed by atoms with Gasteiger partial charge in [0.2, 0.25) is 0 Å². The lowest BCUT2D eigenvalue weighted by atomic mass is 10.0. The lowest BCUT2D eigenvalue weighted by Gasteiger charge is -2.28. The molecule has 1 atom stereocenters. The highest BCUT2D eigenvalue weighted by atomic mass is 19.4. The average molecular weight is 305 g/mol. The second-order valence-corrected chi connectivity index (χ2v) is 4.97. The minimum Gasteiger partial charge on any atom is -0.508 e. The van der Waals surface area contributed by atoms with Gasteiger partial charge in [-0.05, 0) is 37.5 Å². The number of nitrogens with zero attached hydrogens (tertiary/aromatic N) is 1. The normalized spacial score (nSPS) is 13.4. The Labute approximate surface area is 120 Å². The van der Waals surface area contributed by atoms with Crippen LogP contribution >= 0.6 is 0 Å². The molecule has 0 saturated heterocycles. The maximum Gasteiger partial charge on any atom is 0.401 e. The molecule has 0 bridgehead atoms. The van der Waals surface area contributed by atoms with Crippen LogP contribution in [0.3, 0.4) is 0 Å². The van der Waals surface area contributed by atoms with Crippen LogP contribution in [0.1, 0.15) is 18.9 Å². The van der Waals surface area contributed by atoms with E-state index in [1.54, 1.807) is 19.1 Å². The molecule has 21 heavy (non-hydrogen) atoms. The van der Waals surface area contributed by atoms with Gasteiger partial charge in [0.05, 0.1) is 13.1 Å². The molecule has 0 saturated carbocycles. The summed E-state index contributed by atoms with van der Waals surface area (Å²) < 4.78 is 37.4. The molecule has 1 aromatic carbocycles. The van der Waals surface area contributed by atoms with Crippen molar-refractivity contribution in [2.24, 2.45) is 0 Å². The highest BCUT2D eigenvalue weighted by molar-refractivity contribution is 5.69. The van der Waals surface area contributed by atoms with E-state index in [4.69, 9.17) is 10.2 Å². The van der Waals surface area contributed by atoms with E-state index in [0.717, 1.165) is 10.5 Å². The Bertz CT molecular complexity index is 460. The van der Waals surface area contributed by atoms with Crippen LogP contribution in [0.5, 0.6) is 5.75 Å². The molecule has 0 aromatic heterocycles. The van der Waals surface area contributed by atoms with Crippen molar-refractivity contribution < 1.29 is 28.2 Å². The van der Waals surface area contributed by atoms with Gasteiger partial charge in [0.1, 0.15) is 5.75 Å². The van der Waals surface area contributed by atoms with Gasteiger partial charge in [-0.25, -0.2) is 0 Å². The molecule has 1 aromatic rings. The summed E-state index contributed by atoms with van der Waals surface area (Å²) in [5.74, 6) is -1.16. The van der Waals surface area contributed by atoms with Crippen LogP contribution in [0.2, 0.25) is 0 Å². The maximum absolute atomic E-state index is 12.5. The number of rotatable bonds is 7. The predicted octanol–water partition coefficient (Wildman–Crippen LogP) is 2.66. The van der Waals surface area contributed by atoms with Crippen LogP contribution < -0.4 is 0 Å². The van der Waals surface area contributed by atoms with Gasteiger partial charge in [0.25, 0.3) is 0 Å². The molecular formula is C14H18F3NO3. The number of hydrogen-bond donors (Lipinski definition) is 2. The number of aryl methyl sites for hydroxylation is 1. The SMILES string of the molecule is CC(CCc1ccc(O)cc1)N(CC(=O)O)CC(F)(F)F. The molecule has 0 spiro atoms. The van der Waals surface area contributed by atoms with Crippen LogP contribution in [0, 0.1) is 0 Å². The quantitative estimate of drug-likeness (QED) is 0.813. The third-order valence-corrected chi connectivity index (χ3v) is 3.13. The Balaban J connectivity index is 2.60. The number of carboxylic acids is 1. The lowest BCUT2D eigenvalue weighted by Crippen LogP contribution is -2.43. The third kappa shape index (κ3) is 6.99. The minimum absolute atomic E-state index is 0.122. The van der Waals surface area contributed by atoms with Gasteiger partial charge in [-0.3, -0.25) is 9.69 Å². The predicted molar refractivity (Wildman–Crippen MR) is 71.2 cm³/mol. The fourth-order valence-electron chi connectivity index (χ4n) is 1.99. The number of hydrogen-bond acceptors (Lipinski definition) is 3. The van der Waals surface area contributed by atoms with E-state index in [1.807, 2.05) is 0 Å². The van der Waals surface area contributed by atoms with Gasteiger partial charge in [0, 0.05) is 6.04 Å². The van der Waals surface area contributed by atoms with Crippen molar-refractivity contribution in [3.63, 3.8) is 0 Å². The average Bonchev–Trinajstić information content (AvgIpc) is 2.34. The zero-order valence-electron chi connectivity index (χ0n) is 11.6. The second kappa shape index (κ2) is 7.31. The number of aromatic hydroxyl groups is 1. The standard InChI is InChI=1S/C14H18F3NO3/c1-10(2-3-11-4-6-12(19)7-5-11)18(8-13(20)21)9-14(15,16)17/h4-7,10,19H,2-3,8-9H2,1H3,(H,20,21). The van der Waals surface area contributed by atoms with Gasteiger partial charge < -0.3 is 10.2 Å². The molecule has 118 valence electrons. The summed E-state index contributed by atoms with van der Waals surface area (Å²) in [7, 11) is 0. The Hall–Kier alpha value is -1.76. The van der Waals surface area contributed by atoms with Crippen molar-refractivity contribution in [1.29, 1.82) is 0 Å². The smallest absolute Gasteiger partial charge is 0.401 e. The molecular weight excluding hydrogens is 287 g/mol. The molecule has 0 radical (unpaired) electrons. The molecule has 1 unspecified atom stereocenters. The number of carboxylic acid groups (broad SMARTS) is 1. The molecule has 0 fully saturated rings. The van der Waals surface area contributed by atoms with E-state index in [0.29, 0.717) is 12.8 Å². The van der Waals surface area contributed by atoms with Gasteiger partial charge >= 0.3 is 12.1 Å². The molecule has 0 aliphatic rings. The van der Waals surface area contributed by atoms with Crippen LogP contribution in [-0.2, 0) is 11.2 Å². The van der Waals surface area contributed by atoms with Crippen molar-refractivity contribution in [2.45, 2.75) is 32.0 Å². The number of aliphatic carboxylic acids is 1. The fraction of sp³-hybridized carbons (Fsp3) is 0.500. The number of halogens is 3.